The first kappa shape index (κ1) is 23.7. The molecule has 0 saturated carbocycles. The number of piperidine rings is 1. The minimum absolute atomic E-state index is 0.102. The van der Waals surface area contributed by atoms with Crippen LogP contribution in [-0.2, 0) is 19.1 Å². The van der Waals surface area contributed by atoms with E-state index in [1.165, 1.54) is 11.9 Å². The molecule has 164 valence electrons. The molecule has 9 heteroatoms. The van der Waals surface area contributed by atoms with Crippen molar-refractivity contribution in [1.82, 2.24) is 15.1 Å². The van der Waals surface area contributed by atoms with Crippen molar-refractivity contribution < 1.29 is 23.9 Å². The maximum Gasteiger partial charge on any atom is 0.309 e. The standard InChI is InChI=1S/C21H28ClN3O5/c1-4-30-21(29)15-9-11-25(12-10-15)18(26)13-24(3)20(28)14(2)23-19(27)16-7-5-6-8-17(16)22/h5-8,14-15H,4,9-13H2,1-3H3,(H,23,27). The normalized spacial score (nSPS) is 15.3. The van der Waals surface area contributed by atoms with Gasteiger partial charge in [0.05, 0.1) is 29.7 Å². The summed E-state index contributed by atoms with van der Waals surface area (Å²) in [6.45, 7) is 4.46. The van der Waals surface area contributed by atoms with Crippen molar-refractivity contribution in [3.05, 3.63) is 34.9 Å². The largest absolute Gasteiger partial charge is 0.466 e. The Kier molecular flexibility index (Phi) is 8.65. The first-order chi connectivity index (χ1) is 14.2. The Morgan fingerprint density at radius 1 is 1.23 bits per heavy atom. The Labute approximate surface area is 181 Å². The second-order valence-corrected chi connectivity index (χ2v) is 7.68. The van der Waals surface area contributed by atoms with Gasteiger partial charge in [0, 0.05) is 20.1 Å². The fourth-order valence-electron chi connectivity index (χ4n) is 3.32. The minimum atomic E-state index is -0.818. The Morgan fingerprint density at radius 2 is 1.87 bits per heavy atom. The monoisotopic (exact) mass is 437 g/mol. The molecule has 1 aromatic rings. The van der Waals surface area contributed by atoms with Gasteiger partial charge in [-0.25, -0.2) is 0 Å². The summed E-state index contributed by atoms with van der Waals surface area (Å²) in [4.78, 5) is 52.2. The number of esters is 1. The van der Waals surface area contributed by atoms with Gasteiger partial charge in [0.2, 0.25) is 11.8 Å². The molecule has 8 nitrogen and oxygen atoms in total. The van der Waals surface area contributed by atoms with Crippen LogP contribution in [-0.4, -0.2) is 72.8 Å². The van der Waals surface area contributed by atoms with Crippen molar-refractivity contribution in [2.75, 3.05) is 33.3 Å². The Morgan fingerprint density at radius 3 is 2.47 bits per heavy atom. The molecule has 3 amide bonds. The zero-order valence-electron chi connectivity index (χ0n) is 17.5. The van der Waals surface area contributed by atoms with E-state index in [9.17, 15) is 19.2 Å². The lowest BCUT2D eigenvalue weighted by Crippen LogP contribution is -2.50. The number of halogens is 1. The Balaban J connectivity index is 1.83. The number of hydrogen-bond donors (Lipinski definition) is 1. The zero-order chi connectivity index (χ0) is 22.3. The van der Waals surface area contributed by atoms with Crippen LogP contribution in [0.3, 0.4) is 0 Å². The van der Waals surface area contributed by atoms with Crippen LogP contribution in [0.4, 0.5) is 0 Å². The summed E-state index contributed by atoms with van der Waals surface area (Å²) >= 11 is 6.01. The number of nitrogens with one attached hydrogen (secondary N) is 1. The highest BCUT2D eigenvalue weighted by atomic mass is 35.5. The minimum Gasteiger partial charge on any atom is -0.466 e. The molecule has 0 spiro atoms. The molecule has 0 radical (unpaired) electrons. The second-order valence-electron chi connectivity index (χ2n) is 7.28. The Hall–Kier alpha value is -2.61. The smallest absolute Gasteiger partial charge is 0.309 e. The molecule has 1 aliphatic heterocycles. The highest BCUT2D eigenvalue weighted by molar-refractivity contribution is 6.33. The predicted octanol–water partition coefficient (Wildman–Crippen LogP) is 1.72. The molecule has 0 bridgehead atoms. The zero-order valence-corrected chi connectivity index (χ0v) is 18.3. The molecule has 0 aromatic heterocycles. The molecule has 2 rings (SSSR count). The summed E-state index contributed by atoms with van der Waals surface area (Å²) in [6, 6.07) is 5.74. The fraction of sp³-hybridized carbons (Fsp3) is 0.524. The van der Waals surface area contributed by atoms with Crippen LogP contribution in [0.1, 0.15) is 37.0 Å². The van der Waals surface area contributed by atoms with Crippen LogP contribution < -0.4 is 5.32 Å². The number of amides is 3. The number of ether oxygens (including phenoxy) is 1. The van der Waals surface area contributed by atoms with Crippen LogP contribution in [0.2, 0.25) is 5.02 Å². The topological polar surface area (TPSA) is 96.0 Å². The number of likely N-dealkylation sites (tertiary alicyclic amines) is 1. The fourth-order valence-corrected chi connectivity index (χ4v) is 3.54. The molecule has 1 aliphatic rings. The first-order valence-corrected chi connectivity index (χ1v) is 10.4. The summed E-state index contributed by atoms with van der Waals surface area (Å²) in [5.41, 5.74) is 0.280. The molecule has 1 aromatic carbocycles. The highest BCUT2D eigenvalue weighted by Crippen LogP contribution is 2.19. The Bertz CT molecular complexity index is 793. The van der Waals surface area contributed by atoms with Crippen molar-refractivity contribution in [1.29, 1.82) is 0 Å². The van der Waals surface area contributed by atoms with Gasteiger partial charge in [0.25, 0.3) is 5.91 Å². The maximum absolute atomic E-state index is 12.6. The quantitative estimate of drug-likeness (QED) is 0.655. The summed E-state index contributed by atoms with van der Waals surface area (Å²) in [6.07, 6.45) is 1.10. The van der Waals surface area contributed by atoms with Crippen molar-refractivity contribution in [3.63, 3.8) is 0 Å². The number of hydrogen-bond acceptors (Lipinski definition) is 5. The first-order valence-electron chi connectivity index (χ1n) is 9.99. The van der Waals surface area contributed by atoms with E-state index in [0.29, 0.717) is 37.6 Å². The molecular weight excluding hydrogens is 410 g/mol. The van der Waals surface area contributed by atoms with Gasteiger partial charge in [0.1, 0.15) is 6.04 Å². The van der Waals surface area contributed by atoms with Crippen LogP contribution in [0.15, 0.2) is 24.3 Å². The molecule has 1 unspecified atom stereocenters. The number of carbonyl (C=O) groups is 4. The van der Waals surface area contributed by atoms with Gasteiger partial charge in [-0.3, -0.25) is 19.2 Å². The van der Waals surface area contributed by atoms with Crippen LogP contribution in [0.5, 0.6) is 0 Å². The lowest BCUT2D eigenvalue weighted by molar-refractivity contribution is -0.151. The third-order valence-corrected chi connectivity index (χ3v) is 5.38. The number of carbonyl (C=O) groups excluding carboxylic acids is 4. The number of likely N-dealkylation sites (N-methyl/N-ethyl adjacent to an activating group) is 1. The van der Waals surface area contributed by atoms with Gasteiger partial charge in [-0.15, -0.1) is 0 Å². The van der Waals surface area contributed by atoms with Crippen molar-refractivity contribution in [2.45, 2.75) is 32.7 Å². The van der Waals surface area contributed by atoms with Crippen LogP contribution in [0.25, 0.3) is 0 Å². The molecule has 1 atom stereocenters. The van der Waals surface area contributed by atoms with Crippen LogP contribution >= 0.6 is 11.6 Å². The molecule has 1 fully saturated rings. The van der Waals surface area contributed by atoms with E-state index >= 15 is 0 Å². The molecule has 30 heavy (non-hydrogen) atoms. The van der Waals surface area contributed by atoms with E-state index in [1.54, 1.807) is 43.0 Å². The van der Waals surface area contributed by atoms with E-state index in [4.69, 9.17) is 16.3 Å². The van der Waals surface area contributed by atoms with E-state index in [1.807, 2.05) is 0 Å². The number of rotatable bonds is 7. The number of nitrogens with zero attached hydrogens (tertiary/aromatic N) is 2. The van der Waals surface area contributed by atoms with E-state index in [0.717, 1.165) is 0 Å². The average Bonchev–Trinajstić information content (AvgIpc) is 2.73. The summed E-state index contributed by atoms with van der Waals surface area (Å²) in [5, 5.41) is 2.91. The molecule has 1 saturated heterocycles. The molecule has 1 N–H and O–H groups in total. The molecular formula is C21H28ClN3O5. The van der Waals surface area contributed by atoms with Crippen LogP contribution in [0, 0.1) is 5.92 Å². The summed E-state index contributed by atoms with van der Waals surface area (Å²) < 4.78 is 5.03. The van der Waals surface area contributed by atoms with Gasteiger partial charge in [-0.1, -0.05) is 23.7 Å². The van der Waals surface area contributed by atoms with E-state index < -0.39 is 11.9 Å². The second kappa shape index (κ2) is 11.0. The van der Waals surface area contributed by atoms with Gasteiger partial charge in [-0.05, 0) is 38.8 Å². The SMILES string of the molecule is CCOC(=O)C1CCN(C(=O)CN(C)C(=O)C(C)NC(=O)c2ccccc2Cl)CC1. The van der Waals surface area contributed by atoms with E-state index in [2.05, 4.69) is 5.32 Å². The lowest BCUT2D eigenvalue weighted by atomic mass is 9.97. The lowest BCUT2D eigenvalue weighted by Gasteiger charge is -2.32. The van der Waals surface area contributed by atoms with E-state index in [-0.39, 0.29) is 35.8 Å². The van der Waals surface area contributed by atoms with Gasteiger partial charge >= 0.3 is 5.97 Å². The summed E-state index contributed by atoms with van der Waals surface area (Å²) in [7, 11) is 1.52. The third-order valence-electron chi connectivity index (χ3n) is 5.05. The van der Waals surface area contributed by atoms with Crippen molar-refractivity contribution in [2.24, 2.45) is 5.92 Å². The van der Waals surface area contributed by atoms with Gasteiger partial charge < -0.3 is 19.9 Å². The van der Waals surface area contributed by atoms with Gasteiger partial charge in [0.15, 0.2) is 0 Å². The molecule has 1 heterocycles. The van der Waals surface area contributed by atoms with Gasteiger partial charge in [-0.2, -0.15) is 0 Å². The number of benzene rings is 1. The molecule has 0 aliphatic carbocycles. The average molecular weight is 438 g/mol. The third kappa shape index (κ3) is 6.19. The van der Waals surface area contributed by atoms with Crippen molar-refractivity contribution in [3.8, 4) is 0 Å². The maximum atomic E-state index is 12.6. The predicted molar refractivity (Wildman–Crippen MR) is 112 cm³/mol. The summed E-state index contributed by atoms with van der Waals surface area (Å²) in [5.74, 6) is -1.45. The van der Waals surface area contributed by atoms with Crippen molar-refractivity contribution >= 4 is 35.3 Å². The highest BCUT2D eigenvalue weighted by Gasteiger charge is 2.29.